The van der Waals surface area contributed by atoms with Gasteiger partial charge in [0.25, 0.3) is 0 Å². The standard InChI is InChI=1S/C15H22ClN5/c1-2-3-6-9-17-13-12-14(20-15(16)19-13)21(10-18-12)11-7-4-5-8-11/h10-11H,2-9H2,1H3,(H,17,19,20). The average molecular weight is 308 g/mol. The molecular formula is C15H22ClN5. The zero-order valence-electron chi connectivity index (χ0n) is 12.5. The minimum absolute atomic E-state index is 0.292. The van der Waals surface area contributed by atoms with Crippen molar-refractivity contribution in [3.63, 3.8) is 0 Å². The number of halogens is 1. The molecule has 1 N–H and O–H groups in total. The predicted molar refractivity (Wildman–Crippen MR) is 85.9 cm³/mol. The second-order valence-electron chi connectivity index (χ2n) is 5.74. The third kappa shape index (κ3) is 3.12. The molecule has 0 aliphatic heterocycles. The van der Waals surface area contributed by atoms with E-state index in [0.717, 1.165) is 29.9 Å². The molecule has 0 unspecified atom stereocenters. The van der Waals surface area contributed by atoms with Crippen molar-refractivity contribution >= 4 is 28.6 Å². The molecule has 2 heterocycles. The number of aromatic nitrogens is 4. The Morgan fingerprint density at radius 3 is 2.86 bits per heavy atom. The van der Waals surface area contributed by atoms with Gasteiger partial charge in [0.15, 0.2) is 17.0 Å². The number of nitrogens with zero attached hydrogens (tertiary/aromatic N) is 4. The molecule has 1 saturated carbocycles. The summed E-state index contributed by atoms with van der Waals surface area (Å²) in [5.41, 5.74) is 1.70. The Hall–Kier alpha value is -1.36. The van der Waals surface area contributed by atoms with Crippen molar-refractivity contribution < 1.29 is 0 Å². The number of rotatable bonds is 6. The number of imidazole rings is 1. The molecule has 0 saturated heterocycles. The highest BCUT2D eigenvalue weighted by Crippen LogP contribution is 2.32. The topological polar surface area (TPSA) is 55.6 Å². The summed E-state index contributed by atoms with van der Waals surface area (Å²) in [5, 5.41) is 3.65. The summed E-state index contributed by atoms with van der Waals surface area (Å²) in [6.07, 6.45) is 10.4. The highest BCUT2D eigenvalue weighted by atomic mass is 35.5. The molecular weight excluding hydrogens is 286 g/mol. The first-order valence-corrected chi connectivity index (χ1v) is 8.31. The summed E-state index contributed by atoms with van der Waals surface area (Å²) >= 11 is 6.10. The van der Waals surface area contributed by atoms with Gasteiger partial charge in [0.1, 0.15) is 0 Å². The van der Waals surface area contributed by atoms with E-state index in [9.17, 15) is 0 Å². The molecule has 6 heteroatoms. The lowest BCUT2D eigenvalue weighted by molar-refractivity contribution is 0.529. The fraction of sp³-hybridized carbons (Fsp3) is 0.667. The van der Waals surface area contributed by atoms with E-state index in [2.05, 4.69) is 31.8 Å². The Labute approximate surface area is 130 Å². The summed E-state index contributed by atoms with van der Waals surface area (Å²) in [4.78, 5) is 13.2. The number of nitrogens with one attached hydrogen (secondary N) is 1. The summed E-state index contributed by atoms with van der Waals surface area (Å²) in [7, 11) is 0. The van der Waals surface area contributed by atoms with Gasteiger partial charge in [-0.25, -0.2) is 4.98 Å². The van der Waals surface area contributed by atoms with Gasteiger partial charge in [-0.05, 0) is 30.9 Å². The first-order valence-electron chi connectivity index (χ1n) is 7.93. The van der Waals surface area contributed by atoms with Crippen LogP contribution in [-0.2, 0) is 0 Å². The van der Waals surface area contributed by atoms with Gasteiger partial charge in [0, 0.05) is 12.6 Å². The maximum absolute atomic E-state index is 6.10. The van der Waals surface area contributed by atoms with Crippen molar-refractivity contribution in [1.82, 2.24) is 19.5 Å². The van der Waals surface area contributed by atoms with E-state index in [1.54, 1.807) is 0 Å². The molecule has 0 bridgehead atoms. The molecule has 0 spiro atoms. The Kier molecular flexibility index (Phi) is 4.58. The molecule has 0 amide bonds. The van der Waals surface area contributed by atoms with Gasteiger partial charge in [-0.15, -0.1) is 0 Å². The van der Waals surface area contributed by atoms with E-state index < -0.39 is 0 Å². The smallest absolute Gasteiger partial charge is 0.226 e. The molecule has 1 aliphatic carbocycles. The highest BCUT2D eigenvalue weighted by molar-refractivity contribution is 6.28. The lowest BCUT2D eigenvalue weighted by atomic mass is 10.2. The maximum atomic E-state index is 6.10. The lowest BCUT2D eigenvalue weighted by Crippen LogP contribution is -2.07. The summed E-state index contributed by atoms with van der Waals surface area (Å²) < 4.78 is 2.17. The van der Waals surface area contributed by atoms with E-state index in [-0.39, 0.29) is 0 Å². The van der Waals surface area contributed by atoms with Crippen LogP contribution in [0, 0.1) is 0 Å². The average Bonchev–Trinajstić information content (AvgIpc) is 3.11. The van der Waals surface area contributed by atoms with E-state index in [1.165, 1.54) is 38.5 Å². The number of hydrogen-bond acceptors (Lipinski definition) is 4. The molecule has 114 valence electrons. The van der Waals surface area contributed by atoms with Crippen LogP contribution in [-0.4, -0.2) is 26.1 Å². The molecule has 1 fully saturated rings. The zero-order chi connectivity index (χ0) is 14.7. The quantitative estimate of drug-likeness (QED) is 0.642. The van der Waals surface area contributed by atoms with E-state index in [4.69, 9.17) is 11.6 Å². The van der Waals surface area contributed by atoms with Crippen LogP contribution >= 0.6 is 11.6 Å². The third-order valence-electron chi connectivity index (χ3n) is 4.18. The predicted octanol–water partition coefficient (Wildman–Crippen LogP) is 4.20. The van der Waals surface area contributed by atoms with Crippen LogP contribution in [0.5, 0.6) is 0 Å². The molecule has 1 aliphatic rings. The van der Waals surface area contributed by atoms with Gasteiger partial charge in [-0.1, -0.05) is 32.6 Å². The SMILES string of the molecule is CCCCCNc1nc(Cl)nc2c1ncn2C1CCCC1. The van der Waals surface area contributed by atoms with E-state index in [1.807, 2.05) is 6.33 Å². The van der Waals surface area contributed by atoms with Crippen molar-refractivity contribution in [2.45, 2.75) is 57.9 Å². The minimum atomic E-state index is 0.292. The second-order valence-corrected chi connectivity index (χ2v) is 6.08. The Morgan fingerprint density at radius 1 is 1.29 bits per heavy atom. The number of hydrogen-bond donors (Lipinski definition) is 1. The fourth-order valence-electron chi connectivity index (χ4n) is 3.04. The Balaban J connectivity index is 1.86. The number of unbranched alkanes of at least 4 members (excludes halogenated alkanes) is 2. The lowest BCUT2D eigenvalue weighted by Gasteiger charge is -2.12. The molecule has 0 aromatic carbocycles. The van der Waals surface area contributed by atoms with Crippen LogP contribution in [0.25, 0.3) is 11.2 Å². The van der Waals surface area contributed by atoms with Crippen LogP contribution in [0.3, 0.4) is 0 Å². The van der Waals surface area contributed by atoms with E-state index in [0.29, 0.717) is 11.3 Å². The number of fused-ring (bicyclic) bond motifs is 1. The van der Waals surface area contributed by atoms with Gasteiger partial charge < -0.3 is 9.88 Å². The normalized spacial score (nSPS) is 15.9. The molecule has 3 rings (SSSR count). The Morgan fingerprint density at radius 2 is 2.10 bits per heavy atom. The van der Waals surface area contributed by atoms with Crippen molar-refractivity contribution in [3.8, 4) is 0 Å². The molecule has 2 aromatic rings. The fourth-order valence-corrected chi connectivity index (χ4v) is 3.21. The van der Waals surface area contributed by atoms with Gasteiger partial charge >= 0.3 is 0 Å². The van der Waals surface area contributed by atoms with Crippen LogP contribution in [0.2, 0.25) is 5.28 Å². The Bertz CT molecular complexity index is 603. The van der Waals surface area contributed by atoms with E-state index >= 15 is 0 Å². The zero-order valence-corrected chi connectivity index (χ0v) is 13.2. The molecule has 2 aromatic heterocycles. The summed E-state index contributed by atoms with van der Waals surface area (Å²) in [6, 6.07) is 0.508. The summed E-state index contributed by atoms with van der Waals surface area (Å²) in [6.45, 7) is 3.09. The molecule has 5 nitrogen and oxygen atoms in total. The maximum Gasteiger partial charge on any atom is 0.226 e. The van der Waals surface area contributed by atoms with Crippen molar-refractivity contribution in [3.05, 3.63) is 11.6 Å². The van der Waals surface area contributed by atoms with Crippen molar-refractivity contribution in [2.24, 2.45) is 0 Å². The van der Waals surface area contributed by atoms with Crippen LogP contribution < -0.4 is 5.32 Å². The first kappa shape index (κ1) is 14.6. The van der Waals surface area contributed by atoms with Gasteiger partial charge in [-0.2, -0.15) is 9.97 Å². The van der Waals surface area contributed by atoms with Gasteiger partial charge in [-0.3, -0.25) is 0 Å². The van der Waals surface area contributed by atoms with Crippen molar-refractivity contribution in [1.29, 1.82) is 0 Å². The molecule has 0 radical (unpaired) electrons. The van der Waals surface area contributed by atoms with Crippen LogP contribution in [0.4, 0.5) is 5.82 Å². The molecule has 21 heavy (non-hydrogen) atoms. The highest BCUT2D eigenvalue weighted by Gasteiger charge is 2.21. The monoisotopic (exact) mass is 307 g/mol. The number of anilines is 1. The van der Waals surface area contributed by atoms with Gasteiger partial charge in [0.05, 0.1) is 6.33 Å². The van der Waals surface area contributed by atoms with Crippen molar-refractivity contribution in [2.75, 3.05) is 11.9 Å². The largest absolute Gasteiger partial charge is 0.368 e. The minimum Gasteiger partial charge on any atom is -0.368 e. The van der Waals surface area contributed by atoms with Crippen LogP contribution in [0.15, 0.2) is 6.33 Å². The summed E-state index contributed by atoms with van der Waals surface area (Å²) in [5.74, 6) is 0.762. The van der Waals surface area contributed by atoms with Crippen LogP contribution in [0.1, 0.15) is 57.9 Å². The molecule has 0 atom stereocenters. The first-order chi connectivity index (χ1) is 10.3. The third-order valence-corrected chi connectivity index (χ3v) is 4.35. The van der Waals surface area contributed by atoms with Gasteiger partial charge in [0.2, 0.25) is 5.28 Å². The second kappa shape index (κ2) is 6.60.